The number of primary sulfonamides is 1. The van der Waals surface area contributed by atoms with E-state index in [0.29, 0.717) is 35.8 Å². The zero-order valence-electron chi connectivity index (χ0n) is 67.1. The van der Waals surface area contributed by atoms with Crippen molar-refractivity contribution in [3.05, 3.63) is 330 Å². The van der Waals surface area contributed by atoms with Crippen molar-refractivity contribution in [2.24, 2.45) is 5.14 Å². The molecule has 14 nitrogen and oxygen atoms in total. The van der Waals surface area contributed by atoms with E-state index in [1.807, 2.05) is 31.2 Å². The van der Waals surface area contributed by atoms with Gasteiger partial charge >= 0.3 is 11.9 Å². The number of hydrogen-bond acceptors (Lipinski definition) is 11. The number of carbonyl (C=O) groups excluding carboxylic acids is 1. The van der Waals surface area contributed by atoms with Gasteiger partial charge in [-0.1, -0.05) is 229 Å². The molecule has 0 amide bonds. The molecule has 10 aromatic carbocycles. The lowest BCUT2D eigenvalue weighted by Crippen LogP contribution is -2.40. The number of nitrogens with two attached hydrogens (primary N) is 1. The predicted molar refractivity (Wildman–Crippen MR) is 466 cm³/mol. The van der Waals surface area contributed by atoms with Crippen LogP contribution in [0.4, 0.5) is 11.4 Å². The molecule has 1 aliphatic rings. The molecule has 0 saturated heterocycles. The number of esters is 1. The summed E-state index contributed by atoms with van der Waals surface area (Å²) in [4.78, 5) is 30.3. The number of rotatable bonds is 33. The first kappa shape index (κ1) is 86.5. The molecular formula is C98H105ClN4O10S2. The van der Waals surface area contributed by atoms with Gasteiger partial charge < -0.3 is 24.6 Å². The molecule has 596 valence electrons. The van der Waals surface area contributed by atoms with Gasteiger partial charge in [-0.2, -0.15) is 0 Å². The molecule has 1 unspecified atom stereocenters. The third kappa shape index (κ3) is 26.1. The van der Waals surface area contributed by atoms with Crippen LogP contribution in [-0.4, -0.2) is 68.5 Å². The van der Waals surface area contributed by atoms with E-state index in [1.165, 1.54) is 78.3 Å². The van der Waals surface area contributed by atoms with Gasteiger partial charge in [0, 0.05) is 90.7 Å². The molecule has 0 saturated carbocycles. The molecule has 0 radical (unpaired) electrons. The van der Waals surface area contributed by atoms with Crippen molar-refractivity contribution in [2.75, 3.05) is 28.0 Å². The summed E-state index contributed by atoms with van der Waals surface area (Å²) in [6.07, 6.45) is 15.3. The minimum absolute atomic E-state index is 0.0436. The maximum Gasteiger partial charge on any atom is 0.345 e. The standard InChI is InChI=1S/C61H67ClN2O3.C37H38N2O7S2/c1-5-8-11-12-40-64(44-55-33-29-52(30-34-55)26-24-50-21-17-48(18-22-50)14-10-7-3)59-42-57(61(66)67)60(65)46(4)58(59)45-63(41-39-53-35-37-56(62)38-36-53)43-54-31-27-51(28-32-54)25-23-49-19-15-47(16-20-49)13-9-6-2;1-4-5-9-27-12-14-28(15-13-27)16-17-29-18-20-30(21-19-29)25-39(32-22-23-34-33(24-32)36(40)46-37(2,3)45-34)47(41,42)26-35(48(38,43)44)31-10-7-6-8-11-31/h15-22,27-38,42,65H,5-14,39-41,43-45H2,1-4H3,(H,66,67);6-8,10-15,18-24,35H,4-5,9,25-26H2,1-3H3,(H2,38,43,44). The van der Waals surface area contributed by atoms with Gasteiger partial charge in [-0.3, -0.25) is 9.21 Å². The lowest BCUT2D eigenvalue weighted by atomic mass is 9.97. The molecule has 115 heavy (non-hydrogen) atoms. The quantitative estimate of drug-likeness (QED) is 0.0200. The van der Waals surface area contributed by atoms with Crippen molar-refractivity contribution >= 4 is 55.0 Å². The second-order valence-electron chi connectivity index (χ2n) is 29.9. The molecule has 0 spiro atoms. The van der Waals surface area contributed by atoms with Crippen LogP contribution in [0.15, 0.2) is 224 Å². The molecule has 1 atom stereocenters. The van der Waals surface area contributed by atoms with Gasteiger partial charge in [0.25, 0.3) is 0 Å². The molecule has 1 aliphatic heterocycles. The molecule has 11 rings (SSSR count). The SMILES string of the molecule is CCCCCCN(Cc1ccc(C#Cc2ccc(CCCC)cc2)cc1)c1cc(C(=O)O)c(O)c(C)c1CN(CCc1ccc(Cl)cc1)Cc1ccc(C#Cc2ccc(CCCC)cc2)cc1.CCCCc1ccc(C#Cc2ccc(CN(c3ccc4c(c3)C(=O)OC(C)(C)O4)S(=O)(=O)CC(c3ccccc3)S(N)(=O)=O)cc2)cc1. The van der Waals surface area contributed by atoms with Crippen LogP contribution in [0.5, 0.6) is 11.5 Å². The average molecular weight is 1600 g/mol. The van der Waals surface area contributed by atoms with Crippen LogP contribution in [0.2, 0.25) is 5.02 Å². The number of halogens is 1. The number of aromatic carboxylic acids is 1. The average Bonchev–Trinajstić information content (AvgIpc) is 0.750. The fourth-order valence-electron chi connectivity index (χ4n) is 13.6. The predicted octanol–water partition coefficient (Wildman–Crippen LogP) is 20.4. The van der Waals surface area contributed by atoms with Crippen molar-refractivity contribution in [3.8, 4) is 47.0 Å². The van der Waals surface area contributed by atoms with E-state index in [-0.39, 0.29) is 40.4 Å². The Morgan fingerprint density at radius 2 is 0.922 bits per heavy atom. The summed E-state index contributed by atoms with van der Waals surface area (Å²) < 4.78 is 65.9. The Bertz CT molecular complexity index is 5340. The number of aromatic hydroxyl groups is 1. The highest BCUT2D eigenvalue weighted by molar-refractivity contribution is 7.95. The molecular weight excluding hydrogens is 1490 g/mol. The summed E-state index contributed by atoms with van der Waals surface area (Å²) in [5, 5.41) is 26.6. The second-order valence-corrected chi connectivity index (χ2v) is 34.0. The zero-order chi connectivity index (χ0) is 81.9. The monoisotopic (exact) mass is 1600 g/mol. The highest BCUT2D eigenvalue weighted by Gasteiger charge is 2.38. The Morgan fingerprint density at radius 1 is 0.496 bits per heavy atom. The molecule has 1 heterocycles. The Morgan fingerprint density at radius 3 is 1.37 bits per heavy atom. The van der Waals surface area contributed by atoms with Crippen molar-refractivity contribution in [1.29, 1.82) is 0 Å². The number of nitrogens with zero attached hydrogens (tertiary/aromatic N) is 3. The van der Waals surface area contributed by atoms with Crippen LogP contribution in [0, 0.1) is 42.4 Å². The number of ether oxygens (including phenoxy) is 2. The lowest BCUT2D eigenvalue weighted by molar-refractivity contribution is -0.127. The van der Waals surface area contributed by atoms with E-state index >= 15 is 0 Å². The fraction of sp³-hybridized carbons (Fsp3) is 0.306. The number of hydrogen-bond donors (Lipinski definition) is 3. The van der Waals surface area contributed by atoms with Gasteiger partial charge in [0.2, 0.25) is 25.8 Å². The third-order valence-electron chi connectivity index (χ3n) is 20.3. The number of cyclic esters (lactones) is 1. The molecule has 4 N–H and O–H groups in total. The number of carboxylic acids is 1. The fourth-order valence-corrected chi connectivity index (χ4v) is 17.1. The number of carbonyl (C=O) groups is 2. The summed E-state index contributed by atoms with van der Waals surface area (Å²) in [5.74, 6) is 15.9. The van der Waals surface area contributed by atoms with E-state index in [9.17, 15) is 36.6 Å². The van der Waals surface area contributed by atoms with Crippen molar-refractivity contribution in [1.82, 2.24) is 4.90 Å². The maximum atomic E-state index is 14.2. The Hall–Kier alpha value is -10.9. The van der Waals surface area contributed by atoms with Crippen LogP contribution in [0.3, 0.4) is 0 Å². The summed E-state index contributed by atoms with van der Waals surface area (Å²) in [6, 6.07) is 71.2. The second kappa shape index (κ2) is 42.0. The maximum absolute atomic E-state index is 14.2. The normalized spacial score (nSPS) is 12.4. The highest BCUT2D eigenvalue weighted by Crippen LogP contribution is 2.39. The highest BCUT2D eigenvalue weighted by atomic mass is 35.5. The van der Waals surface area contributed by atoms with Crippen LogP contribution in [0.1, 0.15) is 221 Å². The number of carboxylic acid groups (broad SMARTS) is 1. The van der Waals surface area contributed by atoms with Gasteiger partial charge in [-0.15, -0.1) is 0 Å². The van der Waals surface area contributed by atoms with Gasteiger partial charge in [0.15, 0.2) is 0 Å². The van der Waals surface area contributed by atoms with E-state index in [2.05, 4.69) is 194 Å². The first-order chi connectivity index (χ1) is 55.4. The van der Waals surface area contributed by atoms with Gasteiger partial charge in [-0.05, 0) is 223 Å². The topological polar surface area (TPSA) is 197 Å². The van der Waals surface area contributed by atoms with E-state index in [4.69, 9.17) is 26.2 Å². The molecule has 0 fully saturated rings. The van der Waals surface area contributed by atoms with Gasteiger partial charge in [0.1, 0.15) is 27.9 Å². The van der Waals surface area contributed by atoms with Gasteiger partial charge in [-0.25, -0.2) is 31.6 Å². The van der Waals surface area contributed by atoms with Crippen LogP contribution in [0.25, 0.3) is 0 Å². The largest absolute Gasteiger partial charge is 0.507 e. The third-order valence-corrected chi connectivity index (χ3v) is 23.7. The summed E-state index contributed by atoms with van der Waals surface area (Å²) >= 11 is 6.27. The van der Waals surface area contributed by atoms with Crippen LogP contribution in [-0.2, 0) is 76.6 Å². The summed E-state index contributed by atoms with van der Waals surface area (Å²) in [6.45, 7) is 16.8. The minimum Gasteiger partial charge on any atom is -0.507 e. The molecule has 17 heteroatoms. The van der Waals surface area contributed by atoms with Crippen LogP contribution < -0.4 is 19.1 Å². The number of unbranched alkanes of at least 4 members (excludes halogenated alkanes) is 6. The van der Waals surface area contributed by atoms with Crippen molar-refractivity contribution < 1.29 is 46.1 Å². The van der Waals surface area contributed by atoms with Gasteiger partial charge in [0.05, 0.1) is 18.0 Å². The number of benzene rings is 10. The van der Waals surface area contributed by atoms with Crippen molar-refractivity contribution in [3.63, 3.8) is 0 Å². The first-order valence-corrected chi connectivity index (χ1v) is 43.5. The summed E-state index contributed by atoms with van der Waals surface area (Å²) in [7, 11) is -8.72. The Labute approximate surface area is 686 Å². The molecule has 0 aromatic heterocycles. The smallest absolute Gasteiger partial charge is 0.345 e. The number of anilines is 2. The van der Waals surface area contributed by atoms with E-state index < -0.39 is 48.8 Å². The lowest BCUT2D eigenvalue weighted by Gasteiger charge is -2.33. The number of sulfonamides is 2. The molecule has 0 aliphatic carbocycles. The van der Waals surface area contributed by atoms with E-state index in [0.717, 1.165) is 137 Å². The molecule has 0 bridgehead atoms. The number of aryl methyl sites for hydroxylation is 3. The Kier molecular flexibility index (Phi) is 31.6. The number of phenols is 1. The Balaban J connectivity index is 0.000000257. The first-order valence-electron chi connectivity index (χ1n) is 39.9. The zero-order valence-corrected chi connectivity index (χ0v) is 69.5. The summed E-state index contributed by atoms with van der Waals surface area (Å²) in [5.41, 5.74) is 16.1. The van der Waals surface area contributed by atoms with E-state index in [1.54, 1.807) is 62.4 Å². The van der Waals surface area contributed by atoms with Crippen molar-refractivity contribution in [2.45, 2.75) is 176 Å². The number of fused-ring (bicyclic) bond motifs is 1. The van der Waals surface area contributed by atoms with Crippen LogP contribution >= 0.6 is 11.6 Å². The minimum atomic E-state index is -4.38. The molecule has 10 aromatic rings.